The number of nitrogens with zero attached hydrogens (tertiary/aromatic N) is 2. The number of carbonyl (C=O) groups is 3. The summed E-state index contributed by atoms with van der Waals surface area (Å²) in [4.78, 5) is 38.8. The molecule has 42 heavy (non-hydrogen) atoms. The maximum Gasteiger partial charge on any atom is 0.230 e. The smallest absolute Gasteiger partial charge is 0.230 e. The van der Waals surface area contributed by atoms with Gasteiger partial charge in [-0.15, -0.1) is 0 Å². The van der Waals surface area contributed by atoms with E-state index in [4.69, 9.17) is 0 Å². The molecule has 0 saturated carbocycles. The standard InChI is InChI=1S/C33H44N4O3.2HI/c1-23-9-15-36(3,16-10-23)19-13-31(38)34-25-5-7-27-28-8-6-26(22-30(28)33(40)29(27)21-25)35-32(39)14-20-37(4)17-11-24(2)12-18-37;;/h5-8,21-24H,9-20H2,1-4H3;2*1H. The second-order valence-electron chi connectivity index (χ2n) is 13.4. The Morgan fingerprint density at radius 1 is 0.667 bits per heavy atom. The maximum absolute atomic E-state index is 13.3. The van der Waals surface area contributed by atoms with Gasteiger partial charge in [0.25, 0.3) is 0 Å². The van der Waals surface area contributed by atoms with Crippen molar-refractivity contribution >= 4 is 29.0 Å². The highest BCUT2D eigenvalue weighted by Gasteiger charge is 2.31. The van der Waals surface area contributed by atoms with Crippen LogP contribution in [0.1, 0.15) is 68.3 Å². The Bertz CT molecular complexity index is 1200. The van der Waals surface area contributed by atoms with E-state index < -0.39 is 0 Å². The first-order chi connectivity index (χ1) is 19.0. The molecule has 230 valence electrons. The van der Waals surface area contributed by atoms with Crippen molar-refractivity contribution in [1.29, 1.82) is 0 Å². The lowest BCUT2D eigenvalue weighted by molar-refractivity contribution is -0.914. The number of halogens is 2. The van der Waals surface area contributed by atoms with Crippen LogP contribution in [0.4, 0.5) is 11.4 Å². The van der Waals surface area contributed by atoms with Crippen LogP contribution in [-0.2, 0) is 9.59 Å². The Morgan fingerprint density at radius 2 is 1.02 bits per heavy atom. The Kier molecular flexibility index (Phi) is 12.0. The van der Waals surface area contributed by atoms with Crippen LogP contribution in [0.5, 0.6) is 0 Å². The van der Waals surface area contributed by atoms with Crippen LogP contribution in [0.2, 0.25) is 0 Å². The minimum Gasteiger partial charge on any atom is -1.00 e. The van der Waals surface area contributed by atoms with Crippen LogP contribution >= 0.6 is 0 Å². The number of ketones is 1. The van der Waals surface area contributed by atoms with E-state index in [0.717, 1.165) is 71.2 Å². The van der Waals surface area contributed by atoms with E-state index in [-0.39, 0.29) is 65.6 Å². The molecule has 0 bridgehead atoms. The first kappa shape index (κ1) is 34.9. The van der Waals surface area contributed by atoms with Crippen LogP contribution in [-0.4, -0.2) is 79.9 Å². The van der Waals surface area contributed by atoms with Gasteiger partial charge in [-0.25, -0.2) is 0 Å². The number of fused-ring (bicyclic) bond motifs is 3. The lowest BCUT2D eigenvalue weighted by atomic mass is 9.97. The van der Waals surface area contributed by atoms with E-state index >= 15 is 0 Å². The van der Waals surface area contributed by atoms with E-state index in [9.17, 15) is 14.4 Å². The highest BCUT2D eigenvalue weighted by molar-refractivity contribution is 6.22. The van der Waals surface area contributed by atoms with Crippen LogP contribution in [0.3, 0.4) is 0 Å². The molecule has 0 unspecified atom stereocenters. The molecule has 2 amide bonds. The monoisotopic (exact) mass is 800 g/mol. The summed E-state index contributed by atoms with van der Waals surface area (Å²) in [6.07, 6.45) is 5.81. The number of anilines is 2. The molecule has 9 heteroatoms. The SMILES string of the molecule is CC1CC[N+](C)(CCC(=O)Nc2ccc3c(c2)C(=O)c2cc(NC(=O)CC[N+]4(C)CCC(C)CC4)ccc2-3)CC1.[I-].[I-]. The summed E-state index contributed by atoms with van der Waals surface area (Å²) < 4.78 is 1.90. The van der Waals surface area contributed by atoms with Crippen molar-refractivity contribution in [2.45, 2.75) is 52.4 Å². The summed E-state index contributed by atoms with van der Waals surface area (Å²) >= 11 is 0. The molecule has 7 nitrogen and oxygen atoms in total. The van der Waals surface area contributed by atoms with Crippen LogP contribution in [0.15, 0.2) is 36.4 Å². The molecule has 1 aliphatic carbocycles. The van der Waals surface area contributed by atoms with Gasteiger partial charge in [0, 0.05) is 22.5 Å². The number of piperidine rings is 2. The Morgan fingerprint density at radius 3 is 1.38 bits per heavy atom. The fourth-order valence-electron chi connectivity index (χ4n) is 6.51. The second kappa shape index (κ2) is 14.5. The fourth-order valence-corrected chi connectivity index (χ4v) is 6.51. The molecule has 0 atom stereocenters. The van der Waals surface area contributed by atoms with Crippen LogP contribution < -0.4 is 58.6 Å². The van der Waals surface area contributed by atoms with Crippen LogP contribution in [0.25, 0.3) is 11.1 Å². The summed E-state index contributed by atoms with van der Waals surface area (Å²) in [6.45, 7) is 10.8. The van der Waals surface area contributed by atoms with Gasteiger partial charge in [0.15, 0.2) is 5.78 Å². The predicted molar refractivity (Wildman–Crippen MR) is 160 cm³/mol. The van der Waals surface area contributed by atoms with Gasteiger partial charge in [-0.3, -0.25) is 14.4 Å². The molecule has 0 radical (unpaired) electrons. The maximum atomic E-state index is 13.3. The molecule has 0 aromatic heterocycles. The van der Waals surface area contributed by atoms with E-state index in [2.05, 4.69) is 38.6 Å². The van der Waals surface area contributed by atoms with Crippen molar-refractivity contribution in [3.63, 3.8) is 0 Å². The minimum atomic E-state index is -0.0711. The van der Waals surface area contributed by atoms with Gasteiger partial charge in [0.05, 0.1) is 66.2 Å². The number of hydrogen-bond donors (Lipinski definition) is 2. The lowest BCUT2D eigenvalue weighted by Crippen LogP contribution is -3.00. The fraction of sp³-hybridized carbons (Fsp3) is 0.545. The zero-order valence-electron chi connectivity index (χ0n) is 25.5. The van der Waals surface area contributed by atoms with Crippen molar-refractivity contribution in [2.24, 2.45) is 11.8 Å². The summed E-state index contributed by atoms with van der Waals surface area (Å²) in [5.41, 5.74) is 4.23. The average Bonchev–Trinajstić information content (AvgIpc) is 3.21. The van der Waals surface area contributed by atoms with Gasteiger partial charge in [-0.1, -0.05) is 26.0 Å². The van der Waals surface area contributed by atoms with E-state index in [1.165, 1.54) is 25.7 Å². The normalized spacial score (nSPS) is 26.2. The zero-order valence-corrected chi connectivity index (χ0v) is 29.8. The quantitative estimate of drug-likeness (QED) is 0.235. The average molecular weight is 801 g/mol. The molecule has 2 aromatic rings. The first-order valence-electron chi connectivity index (χ1n) is 15.1. The number of likely N-dealkylation sites (tertiary alicyclic amines) is 2. The van der Waals surface area contributed by atoms with Gasteiger partial charge < -0.3 is 67.6 Å². The van der Waals surface area contributed by atoms with E-state index in [0.29, 0.717) is 35.3 Å². The van der Waals surface area contributed by atoms with Crippen molar-refractivity contribution < 1.29 is 71.3 Å². The van der Waals surface area contributed by atoms with Crippen molar-refractivity contribution in [3.8, 4) is 11.1 Å². The van der Waals surface area contributed by atoms with Gasteiger partial charge in [0.2, 0.25) is 11.8 Å². The Labute approximate surface area is 285 Å². The zero-order chi connectivity index (χ0) is 28.5. The van der Waals surface area contributed by atoms with Crippen molar-refractivity contribution in [1.82, 2.24) is 0 Å². The second-order valence-corrected chi connectivity index (χ2v) is 13.4. The number of nitrogens with one attached hydrogen (secondary N) is 2. The van der Waals surface area contributed by atoms with E-state index in [1.807, 2.05) is 24.3 Å². The highest BCUT2D eigenvalue weighted by Crippen LogP contribution is 2.39. The van der Waals surface area contributed by atoms with Crippen molar-refractivity contribution in [2.75, 3.05) is 64.0 Å². The number of quaternary nitrogens is 2. The molecule has 2 fully saturated rings. The van der Waals surface area contributed by atoms with Gasteiger partial charge in [-0.05, 0) is 72.9 Å². The third-order valence-corrected chi connectivity index (χ3v) is 9.79. The highest BCUT2D eigenvalue weighted by atomic mass is 127. The summed E-state index contributed by atoms with van der Waals surface area (Å²) in [7, 11) is 4.50. The summed E-state index contributed by atoms with van der Waals surface area (Å²) in [5, 5.41) is 6.02. The van der Waals surface area contributed by atoms with E-state index in [1.54, 1.807) is 12.1 Å². The topological polar surface area (TPSA) is 75.3 Å². The third-order valence-electron chi connectivity index (χ3n) is 9.79. The van der Waals surface area contributed by atoms with Gasteiger partial charge >= 0.3 is 0 Å². The number of benzene rings is 2. The largest absolute Gasteiger partial charge is 1.00 e. The summed E-state index contributed by atoms with van der Waals surface area (Å²) in [5.74, 6) is 1.46. The molecule has 2 aliphatic heterocycles. The molecule has 5 rings (SSSR count). The number of rotatable bonds is 8. The third kappa shape index (κ3) is 8.32. The minimum absolute atomic E-state index is 0. The Hall–Kier alpha value is -1.57. The Balaban J connectivity index is 0.00000242. The van der Waals surface area contributed by atoms with Crippen molar-refractivity contribution in [3.05, 3.63) is 47.5 Å². The molecular weight excluding hydrogens is 754 g/mol. The molecular formula is C33H46I2N4O3. The molecule has 0 spiro atoms. The molecule has 2 saturated heterocycles. The molecule has 2 N–H and O–H groups in total. The lowest BCUT2D eigenvalue weighted by Gasteiger charge is -2.39. The van der Waals surface area contributed by atoms with Gasteiger partial charge in [0.1, 0.15) is 0 Å². The number of carbonyl (C=O) groups excluding carboxylic acids is 3. The molecule has 2 heterocycles. The molecule has 2 aromatic carbocycles. The summed E-state index contributed by atoms with van der Waals surface area (Å²) in [6, 6.07) is 11.1. The number of amides is 2. The molecule has 3 aliphatic rings. The predicted octanol–water partition coefficient (Wildman–Crippen LogP) is -0.684. The number of hydrogen-bond acceptors (Lipinski definition) is 3. The first-order valence-corrected chi connectivity index (χ1v) is 15.1. The van der Waals surface area contributed by atoms with Crippen LogP contribution in [0, 0.1) is 11.8 Å². The van der Waals surface area contributed by atoms with Gasteiger partial charge in [-0.2, -0.15) is 0 Å².